The van der Waals surface area contributed by atoms with Crippen LogP contribution >= 0.6 is 0 Å². The number of nitrogen functional groups attached to an aromatic ring is 1. The van der Waals surface area contributed by atoms with Gasteiger partial charge in [0.05, 0.1) is 37.8 Å². The zero-order valence-electron chi connectivity index (χ0n) is 16.8. The number of methoxy groups -OCH3 is 1. The number of anilines is 3. The molecule has 1 atom stereocenters. The number of amides is 1. The third-order valence-electron chi connectivity index (χ3n) is 5.30. The van der Waals surface area contributed by atoms with Crippen LogP contribution in [0.25, 0.3) is 0 Å². The lowest BCUT2D eigenvalue weighted by molar-refractivity contribution is -0.130. The molecule has 2 aliphatic rings. The molecule has 8 nitrogen and oxygen atoms in total. The average molecular weight is 398 g/mol. The Morgan fingerprint density at radius 3 is 3.00 bits per heavy atom. The lowest BCUT2D eigenvalue weighted by Crippen LogP contribution is -2.30. The average Bonchev–Trinajstić information content (AvgIpc) is 3.21. The first-order valence-electron chi connectivity index (χ1n) is 9.87. The SMILES string of the molecule is CCC(=O)N1CCC(Oc2ccc3c(c2)N(c2cnc(N)c(OC)c2)CCO3)C1. The summed E-state index contributed by atoms with van der Waals surface area (Å²) < 4.78 is 17.3. The monoisotopic (exact) mass is 398 g/mol. The van der Waals surface area contributed by atoms with Gasteiger partial charge in [-0.2, -0.15) is 0 Å². The van der Waals surface area contributed by atoms with Crippen LogP contribution in [0.4, 0.5) is 17.2 Å². The summed E-state index contributed by atoms with van der Waals surface area (Å²) in [6, 6.07) is 7.68. The summed E-state index contributed by atoms with van der Waals surface area (Å²) in [5, 5.41) is 0. The minimum Gasteiger partial charge on any atom is -0.493 e. The summed E-state index contributed by atoms with van der Waals surface area (Å²) in [6.07, 6.45) is 3.09. The molecule has 0 aliphatic carbocycles. The van der Waals surface area contributed by atoms with Gasteiger partial charge in [0.25, 0.3) is 0 Å². The van der Waals surface area contributed by atoms with Gasteiger partial charge in [-0.3, -0.25) is 4.79 Å². The topological polar surface area (TPSA) is 90.2 Å². The van der Waals surface area contributed by atoms with Gasteiger partial charge in [0.2, 0.25) is 5.91 Å². The van der Waals surface area contributed by atoms with E-state index in [1.165, 1.54) is 0 Å². The van der Waals surface area contributed by atoms with Crippen molar-refractivity contribution in [3.8, 4) is 17.2 Å². The van der Waals surface area contributed by atoms with E-state index in [0.717, 1.165) is 35.8 Å². The number of ether oxygens (including phenoxy) is 3. The fraction of sp³-hybridized carbons (Fsp3) is 0.429. The van der Waals surface area contributed by atoms with Crippen molar-refractivity contribution in [2.45, 2.75) is 25.9 Å². The predicted octanol–water partition coefficient (Wildman–Crippen LogP) is 2.59. The van der Waals surface area contributed by atoms with E-state index in [-0.39, 0.29) is 12.0 Å². The third-order valence-corrected chi connectivity index (χ3v) is 5.30. The van der Waals surface area contributed by atoms with Crippen molar-refractivity contribution in [3.63, 3.8) is 0 Å². The Morgan fingerprint density at radius 2 is 2.21 bits per heavy atom. The molecule has 3 heterocycles. The molecule has 1 amide bonds. The number of nitrogens with two attached hydrogens (primary N) is 1. The fourth-order valence-electron chi connectivity index (χ4n) is 3.76. The van der Waals surface area contributed by atoms with Crippen molar-refractivity contribution in [1.82, 2.24) is 9.88 Å². The number of carbonyl (C=O) groups is 1. The van der Waals surface area contributed by atoms with E-state index in [1.807, 2.05) is 36.1 Å². The second kappa shape index (κ2) is 8.06. The largest absolute Gasteiger partial charge is 0.493 e. The number of carbonyl (C=O) groups excluding carboxylic acids is 1. The molecule has 2 aromatic rings. The summed E-state index contributed by atoms with van der Waals surface area (Å²) in [5.41, 5.74) is 7.63. The molecular weight excluding hydrogens is 372 g/mol. The van der Waals surface area contributed by atoms with Gasteiger partial charge in [-0.25, -0.2) is 4.98 Å². The minimum atomic E-state index is -0.000191. The number of nitrogens with zero attached hydrogens (tertiary/aromatic N) is 3. The van der Waals surface area contributed by atoms with Crippen molar-refractivity contribution < 1.29 is 19.0 Å². The molecule has 1 aromatic carbocycles. The standard InChI is InChI=1S/C21H26N4O4/c1-3-20(26)24-7-6-16(13-24)29-15-4-5-18-17(11-15)25(8-9-28-18)14-10-19(27-2)21(22)23-12-14/h4-5,10-12,16H,3,6-9,13H2,1-2H3,(H2,22,23). The molecule has 0 saturated carbocycles. The van der Waals surface area contributed by atoms with E-state index >= 15 is 0 Å². The lowest BCUT2D eigenvalue weighted by atomic mass is 10.2. The molecule has 4 rings (SSSR count). The first kappa shape index (κ1) is 19.2. The molecule has 1 fully saturated rings. The van der Waals surface area contributed by atoms with Crippen molar-refractivity contribution in [1.29, 1.82) is 0 Å². The normalized spacial score (nSPS) is 18.2. The molecule has 0 bridgehead atoms. The highest BCUT2D eigenvalue weighted by molar-refractivity contribution is 5.76. The minimum absolute atomic E-state index is 0.000191. The van der Waals surface area contributed by atoms with E-state index in [2.05, 4.69) is 9.88 Å². The maximum absolute atomic E-state index is 11.9. The molecule has 2 aliphatic heterocycles. The van der Waals surface area contributed by atoms with Crippen molar-refractivity contribution in [2.75, 3.05) is 44.0 Å². The zero-order chi connectivity index (χ0) is 20.4. The Labute approximate surface area is 170 Å². The van der Waals surface area contributed by atoms with E-state index in [9.17, 15) is 4.79 Å². The van der Waals surface area contributed by atoms with Crippen molar-refractivity contribution >= 4 is 23.1 Å². The number of hydrogen-bond acceptors (Lipinski definition) is 7. The number of aromatic nitrogens is 1. The van der Waals surface area contributed by atoms with Crippen LogP contribution in [-0.4, -0.2) is 55.2 Å². The van der Waals surface area contributed by atoms with Crippen LogP contribution < -0.4 is 24.8 Å². The van der Waals surface area contributed by atoms with Crippen molar-refractivity contribution in [2.24, 2.45) is 0 Å². The first-order chi connectivity index (χ1) is 14.1. The summed E-state index contributed by atoms with van der Waals surface area (Å²) in [5.74, 6) is 2.61. The van der Waals surface area contributed by atoms with Gasteiger partial charge in [-0.1, -0.05) is 6.92 Å². The van der Waals surface area contributed by atoms with Gasteiger partial charge < -0.3 is 29.7 Å². The molecule has 2 N–H and O–H groups in total. The Bertz CT molecular complexity index is 904. The Balaban J connectivity index is 1.55. The summed E-state index contributed by atoms with van der Waals surface area (Å²) >= 11 is 0. The van der Waals surface area contributed by atoms with Crippen LogP contribution in [-0.2, 0) is 4.79 Å². The summed E-state index contributed by atoms with van der Waals surface area (Å²) in [4.78, 5) is 20.1. The summed E-state index contributed by atoms with van der Waals surface area (Å²) in [6.45, 7) is 4.50. The molecule has 0 spiro atoms. The molecular formula is C21H26N4O4. The van der Waals surface area contributed by atoms with E-state index in [4.69, 9.17) is 19.9 Å². The smallest absolute Gasteiger partial charge is 0.222 e. The maximum atomic E-state index is 11.9. The van der Waals surface area contributed by atoms with Gasteiger partial charge in [-0.05, 0) is 12.1 Å². The number of rotatable bonds is 5. The van der Waals surface area contributed by atoms with Crippen LogP contribution in [0.15, 0.2) is 30.5 Å². The summed E-state index contributed by atoms with van der Waals surface area (Å²) in [7, 11) is 1.57. The Hall–Kier alpha value is -3.16. The fourth-order valence-corrected chi connectivity index (χ4v) is 3.76. The van der Waals surface area contributed by atoms with Crippen LogP contribution in [0, 0.1) is 0 Å². The lowest BCUT2D eigenvalue weighted by Gasteiger charge is -2.31. The molecule has 8 heteroatoms. The van der Waals surface area contributed by atoms with Gasteiger partial charge in [0.15, 0.2) is 11.6 Å². The number of likely N-dealkylation sites (tertiary alicyclic amines) is 1. The molecule has 154 valence electrons. The number of pyridine rings is 1. The van der Waals surface area contributed by atoms with Gasteiger partial charge in [0, 0.05) is 31.5 Å². The van der Waals surface area contributed by atoms with Crippen LogP contribution in [0.5, 0.6) is 17.2 Å². The molecule has 0 radical (unpaired) electrons. The van der Waals surface area contributed by atoms with Gasteiger partial charge in [0.1, 0.15) is 24.2 Å². The number of benzene rings is 1. The highest BCUT2D eigenvalue weighted by Crippen LogP contribution is 2.40. The van der Waals surface area contributed by atoms with E-state index in [1.54, 1.807) is 13.3 Å². The number of fused-ring (bicyclic) bond motifs is 1. The molecule has 29 heavy (non-hydrogen) atoms. The highest BCUT2D eigenvalue weighted by Gasteiger charge is 2.28. The molecule has 1 saturated heterocycles. The Kier molecular flexibility index (Phi) is 5.33. The second-order valence-corrected chi connectivity index (χ2v) is 7.13. The zero-order valence-corrected chi connectivity index (χ0v) is 16.8. The van der Waals surface area contributed by atoms with Gasteiger partial charge >= 0.3 is 0 Å². The number of hydrogen-bond donors (Lipinski definition) is 1. The van der Waals surface area contributed by atoms with Crippen LogP contribution in [0.1, 0.15) is 19.8 Å². The van der Waals surface area contributed by atoms with Crippen molar-refractivity contribution in [3.05, 3.63) is 30.5 Å². The molecule has 1 aromatic heterocycles. The quantitative estimate of drug-likeness (QED) is 0.828. The predicted molar refractivity (Wildman–Crippen MR) is 110 cm³/mol. The van der Waals surface area contributed by atoms with E-state index in [0.29, 0.717) is 37.7 Å². The highest BCUT2D eigenvalue weighted by atomic mass is 16.5. The van der Waals surface area contributed by atoms with E-state index < -0.39 is 0 Å². The second-order valence-electron chi connectivity index (χ2n) is 7.13. The van der Waals surface area contributed by atoms with Crippen LogP contribution in [0.3, 0.4) is 0 Å². The third kappa shape index (κ3) is 3.87. The maximum Gasteiger partial charge on any atom is 0.222 e. The first-order valence-corrected chi connectivity index (χ1v) is 9.87. The van der Waals surface area contributed by atoms with Crippen LogP contribution in [0.2, 0.25) is 0 Å². The van der Waals surface area contributed by atoms with Gasteiger partial charge in [-0.15, -0.1) is 0 Å². The Morgan fingerprint density at radius 1 is 1.34 bits per heavy atom. The molecule has 1 unspecified atom stereocenters.